The molecule has 0 saturated heterocycles. The first-order valence-electron chi connectivity index (χ1n) is 1.32. The lowest BCUT2D eigenvalue weighted by molar-refractivity contribution is 0.337. The first-order chi connectivity index (χ1) is 2.41. The van der Waals surface area contributed by atoms with E-state index in [2.05, 4.69) is 0 Å². The highest BCUT2D eigenvalue weighted by Crippen LogP contribution is 1.56. The van der Waals surface area contributed by atoms with Crippen LogP contribution in [-0.2, 0) is 0 Å². The van der Waals surface area contributed by atoms with Gasteiger partial charge in [0, 0.05) is 0 Å². The summed E-state index contributed by atoms with van der Waals surface area (Å²) in [5.74, 6) is 0. The number of aliphatic hydroxyl groups is 2. The normalized spacial score (nSPS) is 9.80. The summed E-state index contributed by atoms with van der Waals surface area (Å²) in [7, 11) is 0. The zero-order valence-electron chi connectivity index (χ0n) is 2.76. The summed E-state index contributed by atoms with van der Waals surface area (Å²) in [6.07, 6.45) is 2.04. The van der Waals surface area contributed by atoms with Gasteiger partial charge in [0.05, 0.1) is 12.9 Å². The van der Waals surface area contributed by atoms with Gasteiger partial charge in [0.15, 0.2) is 0 Å². The molecule has 0 aromatic carbocycles. The standard InChI is InChI=1S/C3H6O2/c4-2-1-3-5/h1-2,4-5H,3H2/b2-1-. The number of hydrogen-bond donors (Lipinski definition) is 2. The molecular weight excluding hydrogens is 68.0 g/mol. The van der Waals surface area contributed by atoms with Gasteiger partial charge < -0.3 is 10.2 Å². The molecule has 0 atom stereocenters. The zero-order chi connectivity index (χ0) is 4.12. The van der Waals surface area contributed by atoms with Gasteiger partial charge in [-0.15, -0.1) is 0 Å². The fourth-order valence-corrected chi connectivity index (χ4v) is 0.0471. The van der Waals surface area contributed by atoms with E-state index in [4.69, 9.17) is 10.2 Å². The van der Waals surface area contributed by atoms with Crippen LogP contribution in [0.3, 0.4) is 0 Å². The highest BCUT2D eigenvalue weighted by Gasteiger charge is 1.54. The van der Waals surface area contributed by atoms with Crippen molar-refractivity contribution in [3.05, 3.63) is 12.3 Å². The minimum atomic E-state index is -0.0868. The topological polar surface area (TPSA) is 40.5 Å². The van der Waals surface area contributed by atoms with Gasteiger partial charge in [0.25, 0.3) is 0 Å². The minimum absolute atomic E-state index is 0.0868. The molecule has 2 nitrogen and oxygen atoms in total. The van der Waals surface area contributed by atoms with E-state index in [1.807, 2.05) is 0 Å². The first-order valence-corrected chi connectivity index (χ1v) is 1.32. The number of hydrogen-bond acceptors (Lipinski definition) is 2. The average molecular weight is 74.1 g/mol. The van der Waals surface area contributed by atoms with Gasteiger partial charge in [-0.1, -0.05) is 0 Å². The number of rotatable bonds is 1. The van der Waals surface area contributed by atoms with Gasteiger partial charge in [-0.3, -0.25) is 0 Å². The second-order valence-corrected chi connectivity index (χ2v) is 0.567. The van der Waals surface area contributed by atoms with Gasteiger partial charge in [0.2, 0.25) is 0 Å². The van der Waals surface area contributed by atoms with Crippen molar-refractivity contribution >= 4 is 0 Å². The summed E-state index contributed by atoms with van der Waals surface area (Å²) in [6.45, 7) is -0.0868. The van der Waals surface area contributed by atoms with E-state index >= 15 is 0 Å². The Morgan fingerprint density at radius 3 is 2.20 bits per heavy atom. The molecule has 0 saturated carbocycles. The molecule has 0 aromatic rings. The Balaban J connectivity index is 2.62. The van der Waals surface area contributed by atoms with Crippen LogP contribution in [0.2, 0.25) is 0 Å². The quantitative estimate of drug-likeness (QED) is 0.431. The molecule has 0 aromatic heterocycles. The summed E-state index contributed by atoms with van der Waals surface area (Å²) in [5, 5.41) is 15.5. The van der Waals surface area contributed by atoms with Crippen molar-refractivity contribution < 1.29 is 10.2 Å². The fourth-order valence-electron chi connectivity index (χ4n) is 0.0471. The lowest BCUT2D eigenvalue weighted by atomic mass is 10.7. The van der Waals surface area contributed by atoms with E-state index in [1.54, 1.807) is 0 Å². The third kappa shape index (κ3) is 3.50. The SMILES string of the molecule is O/C=C\CO. The molecule has 0 radical (unpaired) electrons. The molecule has 0 unspecified atom stereocenters. The Morgan fingerprint density at radius 2 is 2.20 bits per heavy atom. The maximum Gasteiger partial charge on any atom is 0.0774 e. The van der Waals surface area contributed by atoms with E-state index in [9.17, 15) is 0 Å². The molecule has 0 rings (SSSR count). The van der Waals surface area contributed by atoms with Crippen molar-refractivity contribution in [2.45, 2.75) is 0 Å². The van der Waals surface area contributed by atoms with Gasteiger partial charge in [0.1, 0.15) is 0 Å². The molecule has 0 fully saturated rings. The molecule has 0 aliphatic rings. The van der Waals surface area contributed by atoms with Crippen LogP contribution in [0, 0.1) is 0 Å². The molecule has 0 amide bonds. The van der Waals surface area contributed by atoms with Crippen LogP contribution < -0.4 is 0 Å². The first kappa shape index (κ1) is 4.50. The average Bonchev–Trinajstić information content (AvgIpc) is 1.41. The second kappa shape index (κ2) is 3.50. The molecule has 30 valence electrons. The lowest BCUT2D eigenvalue weighted by Gasteiger charge is -1.66. The van der Waals surface area contributed by atoms with E-state index in [0.717, 1.165) is 6.26 Å². The summed E-state index contributed by atoms with van der Waals surface area (Å²) in [4.78, 5) is 0. The van der Waals surface area contributed by atoms with Crippen LogP contribution in [-0.4, -0.2) is 16.8 Å². The van der Waals surface area contributed by atoms with Crippen LogP contribution in [0.1, 0.15) is 0 Å². The molecule has 0 aliphatic carbocycles. The molecule has 5 heavy (non-hydrogen) atoms. The van der Waals surface area contributed by atoms with Crippen molar-refractivity contribution in [3.8, 4) is 0 Å². The van der Waals surface area contributed by atoms with Crippen molar-refractivity contribution in [1.82, 2.24) is 0 Å². The van der Waals surface area contributed by atoms with Crippen LogP contribution in [0.25, 0.3) is 0 Å². The molecule has 0 heterocycles. The summed E-state index contributed by atoms with van der Waals surface area (Å²) in [6, 6.07) is 0. The molecule has 2 N–H and O–H groups in total. The summed E-state index contributed by atoms with van der Waals surface area (Å²) >= 11 is 0. The van der Waals surface area contributed by atoms with Crippen LogP contribution >= 0.6 is 0 Å². The highest BCUT2D eigenvalue weighted by molar-refractivity contribution is 4.67. The minimum Gasteiger partial charge on any atom is -0.516 e. The van der Waals surface area contributed by atoms with E-state index in [1.165, 1.54) is 6.08 Å². The van der Waals surface area contributed by atoms with E-state index < -0.39 is 0 Å². The Morgan fingerprint density at radius 1 is 1.60 bits per heavy atom. The van der Waals surface area contributed by atoms with Gasteiger partial charge in [-0.25, -0.2) is 0 Å². The van der Waals surface area contributed by atoms with Crippen LogP contribution in [0.4, 0.5) is 0 Å². The Kier molecular flexibility index (Phi) is 3.15. The van der Waals surface area contributed by atoms with E-state index in [-0.39, 0.29) is 6.61 Å². The molecule has 2 heteroatoms. The maximum absolute atomic E-state index is 7.82. The smallest absolute Gasteiger partial charge is 0.0774 e. The van der Waals surface area contributed by atoms with Crippen molar-refractivity contribution in [2.75, 3.05) is 6.61 Å². The summed E-state index contributed by atoms with van der Waals surface area (Å²) < 4.78 is 0. The third-order valence-corrected chi connectivity index (χ3v) is 0.211. The van der Waals surface area contributed by atoms with E-state index in [0.29, 0.717) is 0 Å². The molecular formula is C3H6O2. The van der Waals surface area contributed by atoms with Gasteiger partial charge >= 0.3 is 0 Å². The summed E-state index contributed by atoms with van der Waals surface area (Å²) in [5.41, 5.74) is 0. The maximum atomic E-state index is 7.82. The van der Waals surface area contributed by atoms with Crippen molar-refractivity contribution in [2.24, 2.45) is 0 Å². The predicted octanol–water partition coefficient (Wildman–Crippen LogP) is 0.0504. The number of aliphatic hydroxyl groups excluding tert-OH is 2. The molecule has 0 bridgehead atoms. The van der Waals surface area contributed by atoms with Crippen molar-refractivity contribution in [1.29, 1.82) is 0 Å². The zero-order valence-corrected chi connectivity index (χ0v) is 2.76. The lowest BCUT2D eigenvalue weighted by Crippen LogP contribution is -1.66. The van der Waals surface area contributed by atoms with Crippen molar-refractivity contribution in [3.63, 3.8) is 0 Å². The molecule has 0 spiro atoms. The Hall–Kier alpha value is -0.500. The Bertz CT molecular complexity index is 31.9. The largest absolute Gasteiger partial charge is 0.516 e. The highest BCUT2D eigenvalue weighted by atomic mass is 16.3. The van der Waals surface area contributed by atoms with Gasteiger partial charge in [-0.05, 0) is 6.08 Å². The second-order valence-electron chi connectivity index (χ2n) is 0.567. The third-order valence-electron chi connectivity index (χ3n) is 0.211. The predicted molar refractivity (Wildman–Crippen MR) is 18.9 cm³/mol. The molecule has 0 aliphatic heterocycles. The van der Waals surface area contributed by atoms with Crippen LogP contribution in [0.5, 0.6) is 0 Å². The Labute approximate surface area is 30.4 Å². The van der Waals surface area contributed by atoms with Gasteiger partial charge in [-0.2, -0.15) is 0 Å². The monoisotopic (exact) mass is 74.0 g/mol. The van der Waals surface area contributed by atoms with Crippen LogP contribution in [0.15, 0.2) is 12.3 Å². The fraction of sp³-hybridized carbons (Fsp3) is 0.333.